The summed E-state index contributed by atoms with van der Waals surface area (Å²) in [5.41, 5.74) is 3.12. The monoisotopic (exact) mass is 487 g/mol. The molecule has 0 aliphatic carbocycles. The van der Waals surface area contributed by atoms with Gasteiger partial charge in [-0.15, -0.1) is 0 Å². The van der Waals surface area contributed by atoms with Crippen molar-refractivity contribution in [2.45, 2.75) is 19.4 Å². The van der Waals surface area contributed by atoms with E-state index < -0.39 is 12.5 Å². The number of carbonyl (C=O) groups is 2. The number of hydrogen-bond donors (Lipinski definition) is 1. The number of benzene rings is 1. The van der Waals surface area contributed by atoms with Crippen LogP contribution < -0.4 is 9.80 Å². The maximum Gasteiger partial charge on any atom is 0.328 e. The molecule has 1 atom stereocenters. The van der Waals surface area contributed by atoms with Crippen LogP contribution in [0.15, 0.2) is 67.0 Å². The Labute approximate surface area is 212 Å². The third kappa shape index (κ3) is 6.34. The van der Waals surface area contributed by atoms with E-state index in [1.54, 1.807) is 12.1 Å². The third-order valence-corrected chi connectivity index (χ3v) is 5.97. The van der Waals surface area contributed by atoms with Crippen molar-refractivity contribution in [2.75, 3.05) is 37.1 Å². The quantitative estimate of drug-likeness (QED) is 0.474. The standard InChI is InChI=1S/C28H30N4O4/c1-31(2)25-9-8-24(18-30-25)22-6-3-21(4-7-22)19-32(28(35)23-12-15-36-16-13-23)26-17-20(11-14-29-26)5-10-27(33)34/h3-11,14,17-18,23H,12-13,15-16,19H2,1-2H3,(H,33,34)/i19D. The summed E-state index contributed by atoms with van der Waals surface area (Å²) in [7, 11) is 3.87. The molecule has 2 aromatic heterocycles. The molecule has 1 saturated heterocycles. The summed E-state index contributed by atoms with van der Waals surface area (Å²) in [4.78, 5) is 36.8. The molecule has 1 aromatic carbocycles. The van der Waals surface area contributed by atoms with Crippen molar-refractivity contribution in [3.8, 4) is 11.1 Å². The van der Waals surface area contributed by atoms with Crippen molar-refractivity contribution in [3.05, 3.63) is 78.1 Å². The van der Waals surface area contributed by atoms with Gasteiger partial charge in [-0.3, -0.25) is 9.69 Å². The number of hydrogen-bond acceptors (Lipinski definition) is 6. The molecule has 0 saturated carbocycles. The van der Waals surface area contributed by atoms with Crippen LogP contribution in [0.2, 0.25) is 0 Å². The average molecular weight is 488 g/mol. The highest BCUT2D eigenvalue weighted by molar-refractivity contribution is 5.94. The van der Waals surface area contributed by atoms with Gasteiger partial charge in [-0.25, -0.2) is 14.8 Å². The van der Waals surface area contributed by atoms with Gasteiger partial charge in [0.2, 0.25) is 5.91 Å². The first-order chi connectivity index (χ1) is 17.8. The third-order valence-electron chi connectivity index (χ3n) is 5.97. The van der Waals surface area contributed by atoms with Gasteiger partial charge in [0.05, 0.1) is 7.89 Å². The van der Waals surface area contributed by atoms with Crippen LogP contribution in [0.4, 0.5) is 11.6 Å². The Morgan fingerprint density at radius 2 is 1.78 bits per heavy atom. The molecule has 0 bridgehead atoms. The minimum Gasteiger partial charge on any atom is -0.478 e. The number of aromatic nitrogens is 2. The van der Waals surface area contributed by atoms with Gasteiger partial charge in [0.15, 0.2) is 0 Å². The zero-order valence-electron chi connectivity index (χ0n) is 21.4. The topological polar surface area (TPSA) is 95.9 Å². The fourth-order valence-corrected chi connectivity index (χ4v) is 3.95. The number of anilines is 2. The largest absolute Gasteiger partial charge is 0.478 e. The molecule has 1 unspecified atom stereocenters. The van der Waals surface area contributed by atoms with Gasteiger partial charge in [0, 0.05) is 57.3 Å². The smallest absolute Gasteiger partial charge is 0.328 e. The molecule has 8 heteroatoms. The number of nitrogens with zero attached hydrogens (tertiary/aromatic N) is 4. The molecule has 0 radical (unpaired) electrons. The Balaban J connectivity index is 1.64. The number of rotatable bonds is 8. The lowest BCUT2D eigenvalue weighted by molar-refractivity contribution is -0.131. The van der Waals surface area contributed by atoms with E-state index in [2.05, 4.69) is 9.97 Å². The van der Waals surface area contributed by atoms with E-state index in [9.17, 15) is 9.59 Å². The molecule has 3 aromatic rings. The fraction of sp³-hybridized carbons (Fsp3) is 0.286. The van der Waals surface area contributed by atoms with E-state index >= 15 is 0 Å². The van der Waals surface area contributed by atoms with Crippen LogP contribution in [0.25, 0.3) is 17.2 Å². The molecule has 186 valence electrons. The number of carboxylic acids is 1. The molecule has 1 aliphatic rings. The summed E-state index contributed by atoms with van der Waals surface area (Å²) in [6, 6.07) is 14.7. The summed E-state index contributed by atoms with van der Waals surface area (Å²) in [6.45, 7) is -0.0430. The number of carboxylic acid groups (broad SMARTS) is 1. The SMILES string of the molecule is [2H]C(c1ccc(-c2ccc(N(C)C)nc2)cc1)N(C(=O)C1CCOCC1)c1cc(C=CC(=O)O)ccn1. The van der Waals surface area contributed by atoms with Crippen LogP contribution in [-0.4, -0.2) is 54.3 Å². The van der Waals surface area contributed by atoms with Crippen molar-refractivity contribution in [1.29, 1.82) is 0 Å². The minimum absolute atomic E-state index is 0.192. The fourth-order valence-electron chi connectivity index (χ4n) is 3.95. The first kappa shape index (κ1) is 23.7. The first-order valence-electron chi connectivity index (χ1n) is 12.3. The normalized spacial score (nSPS) is 15.3. The maximum atomic E-state index is 13.7. The number of aliphatic carboxylic acids is 1. The van der Waals surface area contributed by atoms with Crippen molar-refractivity contribution in [3.63, 3.8) is 0 Å². The number of carbonyl (C=O) groups excluding carboxylic acids is 1. The molecule has 0 spiro atoms. The summed E-state index contributed by atoms with van der Waals surface area (Å²) in [5, 5.41) is 8.98. The van der Waals surface area contributed by atoms with Gasteiger partial charge in [0.1, 0.15) is 11.6 Å². The van der Waals surface area contributed by atoms with Gasteiger partial charge in [0.25, 0.3) is 0 Å². The molecule has 1 N–H and O–H groups in total. The Hall–Kier alpha value is -4.04. The van der Waals surface area contributed by atoms with E-state index in [4.69, 9.17) is 11.2 Å². The van der Waals surface area contributed by atoms with E-state index in [1.165, 1.54) is 17.2 Å². The zero-order valence-corrected chi connectivity index (χ0v) is 20.4. The predicted molar refractivity (Wildman–Crippen MR) is 140 cm³/mol. The molecule has 1 aliphatic heterocycles. The second-order valence-electron chi connectivity index (χ2n) is 8.76. The van der Waals surface area contributed by atoms with Gasteiger partial charge in [-0.1, -0.05) is 24.3 Å². The van der Waals surface area contributed by atoms with Crippen molar-refractivity contribution >= 4 is 29.6 Å². The minimum atomic E-state index is -1.07. The molecule has 1 amide bonds. The van der Waals surface area contributed by atoms with Crippen LogP contribution in [0.5, 0.6) is 0 Å². The van der Waals surface area contributed by atoms with E-state index in [0.29, 0.717) is 43.0 Å². The van der Waals surface area contributed by atoms with E-state index in [0.717, 1.165) is 23.0 Å². The highest BCUT2D eigenvalue weighted by Crippen LogP contribution is 2.26. The Kier molecular flexibility index (Phi) is 7.63. The van der Waals surface area contributed by atoms with Crippen molar-refractivity contribution in [2.24, 2.45) is 5.92 Å². The van der Waals surface area contributed by atoms with Gasteiger partial charge in [-0.2, -0.15) is 0 Å². The van der Waals surface area contributed by atoms with E-state index in [1.807, 2.05) is 61.6 Å². The lowest BCUT2D eigenvalue weighted by Crippen LogP contribution is -2.38. The number of pyridine rings is 2. The van der Waals surface area contributed by atoms with Gasteiger partial charge < -0.3 is 14.7 Å². The second kappa shape index (κ2) is 11.6. The lowest BCUT2D eigenvalue weighted by Gasteiger charge is -2.29. The summed E-state index contributed by atoms with van der Waals surface area (Å²) in [6.07, 6.45) is 6.95. The predicted octanol–water partition coefficient (Wildman–Crippen LogP) is 4.27. The molecule has 3 heterocycles. The van der Waals surface area contributed by atoms with E-state index in [-0.39, 0.29) is 11.8 Å². The Morgan fingerprint density at radius 3 is 2.42 bits per heavy atom. The van der Waals surface area contributed by atoms with Crippen LogP contribution in [0.3, 0.4) is 0 Å². The summed E-state index contributed by atoms with van der Waals surface area (Å²) in [5.74, 6) is -0.373. The van der Waals surface area contributed by atoms with Crippen LogP contribution >= 0.6 is 0 Å². The second-order valence-corrected chi connectivity index (χ2v) is 8.76. The van der Waals surface area contributed by atoms with Crippen molar-refractivity contribution < 1.29 is 20.8 Å². The molecule has 36 heavy (non-hydrogen) atoms. The number of amides is 1. The summed E-state index contributed by atoms with van der Waals surface area (Å²) < 4.78 is 14.5. The highest BCUT2D eigenvalue weighted by Gasteiger charge is 2.28. The molecule has 8 nitrogen and oxygen atoms in total. The lowest BCUT2D eigenvalue weighted by atomic mass is 9.98. The maximum absolute atomic E-state index is 13.7. The Bertz CT molecular complexity index is 1260. The zero-order chi connectivity index (χ0) is 26.4. The van der Waals surface area contributed by atoms with Crippen LogP contribution in [0.1, 0.15) is 25.3 Å². The molecular weight excluding hydrogens is 456 g/mol. The van der Waals surface area contributed by atoms with Gasteiger partial charge >= 0.3 is 5.97 Å². The van der Waals surface area contributed by atoms with Crippen LogP contribution in [-0.2, 0) is 20.8 Å². The average Bonchev–Trinajstić information content (AvgIpc) is 2.93. The van der Waals surface area contributed by atoms with Gasteiger partial charge in [-0.05, 0) is 59.9 Å². The Morgan fingerprint density at radius 1 is 1.06 bits per heavy atom. The highest BCUT2D eigenvalue weighted by atomic mass is 16.5. The molecule has 4 rings (SSSR count). The first-order valence-corrected chi connectivity index (χ1v) is 11.8. The number of ether oxygens (including phenoxy) is 1. The molecular formula is C28H30N4O4. The van der Waals surface area contributed by atoms with Crippen molar-refractivity contribution in [1.82, 2.24) is 9.97 Å². The summed E-state index contributed by atoms with van der Waals surface area (Å²) >= 11 is 0. The molecule has 1 fully saturated rings. The van der Waals surface area contributed by atoms with Crippen LogP contribution in [0, 0.1) is 5.92 Å².